The summed E-state index contributed by atoms with van der Waals surface area (Å²) in [5, 5.41) is 0. The Morgan fingerprint density at radius 2 is 0.500 bits per heavy atom. The van der Waals surface area contributed by atoms with Crippen molar-refractivity contribution in [3.63, 3.8) is 0 Å². The summed E-state index contributed by atoms with van der Waals surface area (Å²) in [7, 11) is 0. The minimum absolute atomic E-state index is 0. The molecule has 30 valence electrons. The van der Waals surface area contributed by atoms with Gasteiger partial charge in [-0.05, 0) is 0 Å². The summed E-state index contributed by atoms with van der Waals surface area (Å²) < 4.78 is 0. The zero-order valence-corrected chi connectivity index (χ0v) is 7.10. The molecule has 0 saturated carbocycles. The van der Waals surface area contributed by atoms with E-state index in [1.54, 1.807) is 0 Å². The molecule has 0 saturated heterocycles. The largest absolute Gasteiger partial charge is 3.00 e. The first-order valence-electron chi connectivity index (χ1n) is 0. The summed E-state index contributed by atoms with van der Waals surface area (Å²) in [6, 6.07) is 0. The maximum absolute atomic E-state index is 0. The Balaban J connectivity index is 0. The van der Waals surface area contributed by atoms with Gasteiger partial charge < -0.3 is 16.4 Å². The van der Waals surface area contributed by atoms with E-state index in [0.717, 1.165) is 0 Å². The van der Waals surface area contributed by atoms with Crippen LogP contribution in [0.15, 0.2) is 0 Å². The van der Waals surface area contributed by atoms with Crippen molar-refractivity contribution in [1.29, 1.82) is 0 Å². The molecule has 0 aliphatic heterocycles. The van der Waals surface area contributed by atoms with Crippen LogP contribution in [0.5, 0.6) is 0 Å². The molecule has 0 aromatic carbocycles. The van der Waals surface area contributed by atoms with Crippen LogP contribution >= 0.6 is 0 Å². The van der Waals surface area contributed by atoms with Crippen molar-refractivity contribution in [2.45, 2.75) is 0 Å². The minimum Gasteiger partial charge on any atom is -2.00 e. The van der Waals surface area contributed by atoms with E-state index in [2.05, 4.69) is 0 Å². The van der Waals surface area contributed by atoms with E-state index in [9.17, 15) is 0 Å². The van der Waals surface area contributed by atoms with Gasteiger partial charge in [-0.2, -0.15) is 0 Å². The first-order chi connectivity index (χ1) is 0. The second-order valence-electron chi connectivity index (χ2n) is 0. The molecule has 0 heterocycles. The molecule has 0 aromatic heterocycles. The van der Waals surface area contributed by atoms with E-state index in [0.29, 0.717) is 0 Å². The van der Waals surface area contributed by atoms with Crippen molar-refractivity contribution in [3.05, 3.63) is 0 Å². The summed E-state index contributed by atoms with van der Waals surface area (Å²) in [5.74, 6) is 0. The van der Waals surface area contributed by atoms with E-state index in [1.165, 1.54) is 0 Å². The van der Waals surface area contributed by atoms with Crippen LogP contribution in [0.25, 0.3) is 0 Å². The molecule has 0 aliphatic rings. The molecular formula is Al2MoO3. The number of rotatable bonds is 0. The Morgan fingerprint density at radius 1 is 0.500 bits per heavy atom. The van der Waals surface area contributed by atoms with Crippen molar-refractivity contribution >= 4 is 34.7 Å². The van der Waals surface area contributed by atoms with Crippen molar-refractivity contribution < 1.29 is 37.5 Å². The predicted octanol–water partition coefficient (Wildman–Crippen LogP) is -1.12. The molecule has 3 nitrogen and oxygen atoms in total. The predicted molar refractivity (Wildman–Crippen MR) is 13.6 cm³/mol. The van der Waals surface area contributed by atoms with E-state index >= 15 is 0 Å². The SMILES string of the molecule is [Al+3].[Al+3].[Mo].[O-2].[O-2].[O-2]. The summed E-state index contributed by atoms with van der Waals surface area (Å²) in [5.41, 5.74) is 0. The standard InChI is InChI=1S/2Al.Mo.3O/q2*+3;;3*-2. The van der Waals surface area contributed by atoms with Gasteiger partial charge in [0.25, 0.3) is 0 Å². The number of hydrogen-bond donors (Lipinski definition) is 0. The van der Waals surface area contributed by atoms with E-state index in [4.69, 9.17) is 0 Å². The fourth-order valence-corrected chi connectivity index (χ4v) is 0. The Labute approximate surface area is 71.9 Å². The van der Waals surface area contributed by atoms with Gasteiger partial charge in [-0.3, -0.25) is 0 Å². The van der Waals surface area contributed by atoms with Gasteiger partial charge in [-0.15, -0.1) is 0 Å². The van der Waals surface area contributed by atoms with Crippen molar-refractivity contribution in [2.75, 3.05) is 0 Å². The van der Waals surface area contributed by atoms with Gasteiger partial charge in [-0.25, -0.2) is 0 Å². The normalized spacial score (nSPS) is 0. The van der Waals surface area contributed by atoms with Gasteiger partial charge >= 0.3 is 34.7 Å². The molecule has 0 N–H and O–H groups in total. The van der Waals surface area contributed by atoms with Gasteiger partial charge in [0.15, 0.2) is 0 Å². The average Bonchev–Trinajstić information content (AvgIpc) is 0. The van der Waals surface area contributed by atoms with Gasteiger partial charge in [0.1, 0.15) is 0 Å². The third-order valence-electron chi connectivity index (χ3n) is 0. The molecule has 0 unspecified atom stereocenters. The van der Waals surface area contributed by atoms with Crippen LogP contribution < -0.4 is 0 Å². The molecule has 0 rings (SSSR count). The molecule has 0 radical (unpaired) electrons. The van der Waals surface area contributed by atoms with E-state index in [-0.39, 0.29) is 72.2 Å². The summed E-state index contributed by atoms with van der Waals surface area (Å²) in [6.07, 6.45) is 0. The Bertz CT molecular complexity index is 8.75. The molecule has 0 aliphatic carbocycles. The molecule has 6 heavy (non-hydrogen) atoms. The van der Waals surface area contributed by atoms with Crippen LogP contribution in [0.1, 0.15) is 0 Å². The maximum Gasteiger partial charge on any atom is 3.00 e. The summed E-state index contributed by atoms with van der Waals surface area (Å²) in [6.45, 7) is 0. The molecule has 0 atom stereocenters. The zero-order valence-electron chi connectivity index (χ0n) is 2.79. The summed E-state index contributed by atoms with van der Waals surface area (Å²) >= 11 is 0. The summed E-state index contributed by atoms with van der Waals surface area (Å²) in [4.78, 5) is 0. The van der Waals surface area contributed by atoms with Crippen LogP contribution in [0, 0.1) is 0 Å². The first-order valence-corrected chi connectivity index (χ1v) is 0. The van der Waals surface area contributed by atoms with Crippen LogP contribution in [0.4, 0.5) is 0 Å². The Kier molecular flexibility index (Phi) is 1660. The van der Waals surface area contributed by atoms with E-state index in [1.807, 2.05) is 0 Å². The molecule has 6 heteroatoms. The average molecular weight is 198 g/mol. The fraction of sp³-hybridized carbons (Fsp3) is 0. The van der Waals surface area contributed by atoms with Crippen LogP contribution in [0.2, 0.25) is 0 Å². The molecule has 0 amide bonds. The second kappa shape index (κ2) is 78.9. The fourth-order valence-electron chi connectivity index (χ4n) is 0. The van der Waals surface area contributed by atoms with Crippen molar-refractivity contribution in [1.82, 2.24) is 0 Å². The van der Waals surface area contributed by atoms with Gasteiger partial charge in [0.05, 0.1) is 0 Å². The Hall–Kier alpha value is 1.63. The Morgan fingerprint density at radius 3 is 0.500 bits per heavy atom. The number of hydrogen-bond acceptors (Lipinski definition) is 0. The molecule has 0 spiro atoms. The molecule has 0 bridgehead atoms. The third kappa shape index (κ3) is 45.3. The van der Waals surface area contributed by atoms with Crippen molar-refractivity contribution in [2.24, 2.45) is 0 Å². The van der Waals surface area contributed by atoms with Crippen LogP contribution in [-0.2, 0) is 37.5 Å². The van der Waals surface area contributed by atoms with Gasteiger partial charge in [-0.1, -0.05) is 0 Å². The van der Waals surface area contributed by atoms with E-state index < -0.39 is 0 Å². The van der Waals surface area contributed by atoms with Crippen LogP contribution in [0.3, 0.4) is 0 Å². The first kappa shape index (κ1) is 126. The van der Waals surface area contributed by atoms with Gasteiger partial charge in [0.2, 0.25) is 0 Å². The topological polar surface area (TPSA) is 85.5 Å². The molecule has 0 fully saturated rings. The molecular weight excluding hydrogens is 198 g/mol. The third-order valence-corrected chi connectivity index (χ3v) is 0. The minimum atomic E-state index is 0. The quantitative estimate of drug-likeness (QED) is 0.441. The zero-order chi connectivity index (χ0) is 0. The molecule has 0 aromatic rings. The van der Waals surface area contributed by atoms with Crippen LogP contribution in [-0.4, -0.2) is 34.7 Å². The van der Waals surface area contributed by atoms with Crippen molar-refractivity contribution in [3.8, 4) is 0 Å². The smallest absolute Gasteiger partial charge is 2.00 e. The van der Waals surface area contributed by atoms with Gasteiger partial charge in [0, 0.05) is 21.1 Å². The maximum atomic E-state index is 0. The second-order valence-corrected chi connectivity index (χ2v) is 0. The monoisotopic (exact) mass is 200 g/mol.